The van der Waals surface area contributed by atoms with Crippen LogP contribution in [-0.2, 0) is 4.74 Å². The van der Waals surface area contributed by atoms with Gasteiger partial charge in [-0.05, 0) is 19.4 Å². The van der Waals surface area contributed by atoms with Gasteiger partial charge in [-0.15, -0.1) is 0 Å². The third-order valence-electron chi connectivity index (χ3n) is 3.92. The number of nitrogens with one attached hydrogen (secondary N) is 2. The summed E-state index contributed by atoms with van der Waals surface area (Å²) in [6.45, 7) is 7.47. The quantitative estimate of drug-likeness (QED) is 0.842. The molecule has 1 fully saturated rings. The van der Waals surface area contributed by atoms with Gasteiger partial charge in [0.15, 0.2) is 0 Å². The highest BCUT2D eigenvalue weighted by Crippen LogP contribution is 2.44. The Hall–Kier alpha value is -1.29. The molecule has 4 heteroatoms. The Morgan fingerprint density at radius 2 is 2.11 bits per heavy atom. The molecule has 2 N–H and O–H groups in total. The van der Waals surface area contributed by atoms with Crippen molar-refractivity contribution in [2.45, 2.75) is 39.3 Å². The van der Waals surface area contributed by atoms with E-state index in [9.17, 15) is 0 Å². The zero-order chi connectivity index (χ0) is 13.2. The number of hydrogen-bond acceptors (Lipinski definition) is 4. The first-order chi connectivity index (χ1) is 8.57. The number of pyridine rings is 1. The fraction of sp³-hybridized carbons (Fsp3) is 0.643. The van der Waals surface area contributed by atoms with E-state index in [-0.39, 0.29) is 5.41 Å². The van der Waals surface area contributed by atoms with Crippen LogP contribution in [0.15, 0.2) is 18.5 Å². The minimum atomic E-state index is 0.170. The number of ether oxygens (including phenoxy) is 1. The molecule has 0 aliphatic heterocycles. The van der Waals surface area contributed by atoms with Crippen LogP contribution in [0.2, 0.25) is 0 Å². The van der Waals surface area contributed by atoms with Crippen molar-refractivity contribution >= 4 is 11.4 Å². The second-order valence-corrected chi connectivity index (χ2v) is 5.47. The van der Waals surface area contributed by atoms with Crippen molar-refractivity contribution in [2.24, 2.45) is 5.41 Å². The molecular weight excluding hydrogens is 226 g/mol. The maximum absolute atomic E-state index is 5.46. The summed E-state index contributed by atoms with van der Waals surface area (Å²) in [4.78, 5) is 4.25. The van der Waals surface area contributed by atoms with Crippen LogP contribution in [0.5, 0.6) is 0 Å². The lowest BCUT2D eigenvalue weighted by atomic mass is 9.64. The smallest absolute Gasteiger partial charge is 0.0661 e. The van der Waals surface area contributed by atoms with Gasteiger partial charge in [0.05, 0.1) is 29.9 Å². The molecule has 1 aliphatic carbocycles. The van der Waals surface area contributed by atoms with E-state index in [2.05, 4.69) is 42.5 Å². The Labute approximate surface area is 109 Å². The van der Waals surface area contributed by atoms with Crippen LogP contribution in [0.3, 0.4) is 0 Å². The summed E-state index contributed by atoms with van der Waals surface area (Å²) < 4.78 is 5.46. The number of anilines is 2. The summed E-state index contributed by atoms with van der Waals surface area (Å²) in [6.07, 6.45) is 5.12. The Kier molecular flexibility index (Phi) is 3.76. The van der Waals surface area contributed by atoms with Gasteiger partial charge in [-0.3, -0.25) is 4.98 Å². The van der Waals surface area contributed by atoms with E-state index in [0.717, 1.165) is 24.3 Å². The van der Waals surface area contributed by atoms with Gasteiger partial charge in [0, 0.05) is 25.1 Å². The predicted octanol–water partition coefficient (Wildman–Crippen LogP) is 2.74. The molecule has 0 spiro atoms. The fourth-order valence-electron chi connectivity index (χ4n) is 2.55. The fourth-order valence-corrected chi connectivity index (χ4v) is 2.55. The van der Waals surface area contributed by atoms with Crippen LogP contribution in [0.25, 0.3) is 0 Å². The minimum Gasteiger partial charge on any atom is -0.384 e. The zero-order valence-electron chi connectivity index (χ0n) is 11.7. The van der Waals surface area contributed by atoms with Crippen LogP contribution >= 0.6 is 0 Å². The average molecular weight is 249 g/mol. The van der Waals surface area contributed by atoms with Gasteiger partial charge in [-0.25, -0.2) is 0 Å². The van der Waals surface area contributed by atoms with Crippen molar-refractivity contribution in [1.29, 1.82) is 0 Å². The van der Waals surface area contributed by atoms with Gasteiger partial charge in [-0.2, -0.15) is 0 Å². The van der Waals surface area contributed by atoms with E-state index in [1.807, 2.05) is 12.4 Å². The summed E-state index contributed by atoms with van der Waals surface area (Å²) in [5, 5.41) is 6.82. The molecule has 0 amide bonds. The Morgan fingerprint density at radius 1 is 1.39 bits per heavy atom. The summed E-state index contributed by atoms with van der Waals surface area (Å²) in [5.74, 6) is 0. The van der Waals surface area contributed by atoms with Gasteiger partial charge in [-0.1, -0.05) is 13.8 Å². The maximum Gasteiger partial charge on any atom is 0.0661 e. The third kappa shape index (κ3) is 2.43. The highest BCUT2D eigenvalue weighted by Gasteiger charge is 2.48. The van der Waals surface area contributed by atoms with E-state index in [4.69, 9.17) is 4.74 Å². The van der Waals surface area contributed by atoms with E-state index < -0.39 is 0 Å². The second-order valence-electron chi connectivity index (χ2n) is 5.47. The summed E-state index contributed by atoms with van der Waals surface area (Å²) >= 11 is 0. The van der Waals surface area contributed by atoms with Gasteiger partial charge in [0.2, 0.25) is 0 Å². The van der Waals surface area contributed by atoms with Crippen LogP contribution < -0.4 is 10.6 Å². The molecule has 18 heavy (non-hydrogen) atoms. The first kappa shape index (κ1) is 13.1. The molecule has 1 heterocycles. The molecule has 1 saturated carbocycles. The highest BCUT2D eigenvalue weighted by molar-refractivity contribution is 5.54. The number of methoxy groups -OCH3 is 1. The lowest BCUT2D eigenvalue weighted by molar-refractivity contribution is -0.0794. The first-order valence-corrected chi connectivity index (χ1v) is 6.56. The summed E-state index contributed by atoms with van der Waals surface area (Å²) in [5.41, 5.74) is 2.30. The van der Waals surface area contributed by atoms with Gasteiger partial charge < -0.3 is 15.4 Å². The standard InChI is InChI=1S/C14H23N3O/c1-5-16-10-6-11(9-15-8-10)17-12-7-13(18-4)14(12,2)3/h6,8-9,12-13,16-17H,5,7H2,1-4H3. The number of aromatic nitrogens is 1. The van der Waals surface area contributed by atoms with E-state index >= 15 is 0 Å². The van der Waals surface area contributed by atoms with Crippen LogP contribution in [0.1, 0.15) is 27.2 Å². The van der Waals surface area contributed by atoms with Crippen molar-refractivity contribution < 1.29 is 4.74 Å². The highest BCUT2D eigenvalue weighted by atomic mass is 16.5. The Bertz CT molecular complexity index is 406. The van der Waals surface area contributed by atoms with Gasteiger partial charge in [0.25, 0.3) is 0 Å². The zero-order valence-corrected chi connectivity index (χ0v) is 11.7. The van der Waals surface area contributed by atoms with Crippen LogP contribution in [0, 0.1) is 5.41 Å². The molecule has 0 saturated heterocycles. The summed E-state index contributed by atoms with van der Waals surface area (Å²) in [6, 6.07) is 2.55. The largest absolute Gasteiger partial charge is 0.384 e. The molecular formula is C14H23N3O. The van der Waals surface area contributed by atoms with Gasteiger partial charge in [0.1, 0.15) is 0 Å². The normalized spacial score (nSPS) is 25.3. The molecule has 2 atom stereocenters. The molecule has 0 radical (unpaired) electrons. The van der Waals surface area contributed by atoms with Crippen LogP contribution in [0.4, 0.5) is 11.4 Å². The van der Waals surface area contributed by atoms with E-state index in [1.54, 1.807) is 7.11 Å². The lowest BCUT2D eigenvalue weighted by Crippen LogP contribution is -2.57. The molecule has 4 nitrogen and oxygen atoms in total. The number of rotatable bonds is 5. The lowest BCUT2D eigenvalue weighted by Gasteiger charge is -2.51. The molecule has 2 rings (SSSR count). The maximum atomic E-state index is 5.46. The molecule has 0 aromatic carbocycles. The molecule has 1 aromatic rings. The minimum absolute atomic E-state index is 0.170. The van der Waals surface area contributed by atoms with Crippen molar-refractivity contribution in [3.63, 3.8) is 0 Å². The SMILES string of the molecule is CCNc1cncc(NC2CC(OC)C2(C)C)c1. The first-order valence-electron chi connectivity index (χ1n) is 6.56. The molecule has 2 unspecified atom stereocenters. The summed E-state index contributed by atoms with van der Waals surface area (Å²) in [7, 11) is 1.79. The van der Waals surface area contributed by atoms with Crippen molar-refractivity contribution in [2.75, 3.05) is 24.3 Å². The van der Waals surface area contributed by atoms with Crippen molar-refractivity contribution in [1.82, 2.24) is 4.98 Å². The Balaban J connectivity index is 2.00. The number of nitrogens with zero attached hydrogens (tertiary/aromatic N) is 1. The second kappa shape index (κ2) is 5.14. The molecule has 1 aromatic heterocycles. The third-order valence-corrected chi connectivity index (χ3v) is 3.92. The van der Waals surface area contributed by atoms with Crippen molar-refractivity contribution in [3.05, 3.63) is 18.5 Å². The predicted molar refractivity (Wildman–Crippen MR) is 75.0 cm³/mol. The monoisotopic (exact) mass is 249 g/mol. The molecule has 0 bridgehead atoms. The Morgan fingerprint density at radius 3 is 2.72 bits per heavy atom. The van der Waals surface area contributed by atoms with E-state index in [0.29, 0.717) is 12.1 Å². The topological polar surface area (TPSA) is 46.2 Å². The van der Waals surface area contributed by atoms with Crippen LogP contribution in [-0.4, -0.2) is 30.8 Å². The number of hydrogen-bond donors (Lipinski definition) is 2. The molecule has 1 aliphatic rings. The molecule has 100 valence electrons. The van der Waals surface area contributed by atoms with Gasteiger partial charge >= 0.3 is 0 Å². The average Bonchev–Trinajstić information content (AvgIpc) is 2.35. The van der Waals surface area contributed by atoms with E-state index in [1.165, 1.54) is 0 Å². The van der Waals surface area contributed by atoms with Crippen molar-refractivity contribution in [3.8, 4) is 0 Å².